The van der Waals surface area contributed by atoms with Gasteiger partial charge in [-0.2, -0.15) is 0 Å². The Morgan fingerprint density at radius 3 is 3.00 bits per heavy atom. The van der Waals surface area contributed by atoms with Gasteiger partial charge in [-0.05, 0) is 12.1 Å². The quantitative estimate of drug-likeness (QED) is 0.709. The molecule has 0 radical (unpaired) electrons. The lowest BCUT2D eigenvalue weighted by atomic mass is 10.3. The summed E-state index contributed by atoms with van der Waals surface area (Å²) >= 11 is 1.72. The van der Waals surface area contributed by atoms with Crippen molar-refractivity contribution in [1.82, 2.24) is 19.7 Å². The van der Waals surface area contributed by atoms with Gasteiger partial charge in [0.05, 0.1) is 5.69 Å². The summed E-state index contributed by atoms with van der Waals surface area (Å²) in [6.45, 7) is 1.78. The van der Waals surface area contributed by atoms with E-state index in [1.807, 2.05) is 49.6 Å². The van der Waals surface area contributed by atoms with Crippen molar-refractivity contribution in [2.45, 2.75) is 13.0 Å². The van der Waals surface area contributed by atoms with Crippen LogP contribution in [0.25, 0.3) is 5.65 Å². The van der Waals surface area contributed by atoms with Gasteiger partial charge in [0.2, 0.25) is 0 Å². The fourth-order valence-corrected chi connectivity index (χ4v) is 2.92. The molecule has 0 unspecified atom stereocenters. The number of anilines is 1. The monoisotopic (exact) mass is 301 g/mol. The minimum Gasteiger partial charge on any atom is -0.354 e. The first-order valence-electron chi connectivity index (χ1n) is 6.98. The second-order valence-corrected chi connectivity index (χ2v) is 6.22. The maximum atomic E-state index is 4.59. The first-order chi connectivity index (χ1) is 10.2. The van der Waals surface area contributed by atoms with Crippen LogP contribution in [0, 0.1) is 0 Å². The Labute approximate surface area is 128 Å². The highest BCUT2D eigenvalue weighted by atomic mass is 32.1. The molecular formula is C15H19N5S. The fourth-order valence-electron chi connectivity index (χ4n) is 2.12. The van der Waals surface area contributed by atoms with Crippen LogP contribution in [0.4, 0.5) is 5.13 Å². The summed E-state index contributed by atoms with van der Waals surface area (Å²) in [6, 6.07) is 6.05. The molecule has 0 saturated carbocycles. The van der Waals surface area contributed by atoms with E-state index in [2.05, 4.69) is 25.9 Å². The third-order valence-corrected chi connectivity index (χ3v) is 4.36. The van der Waals surface area contributed by atoms with Gasteiger partial charge in [0.25, 0.3) is 0 Å². The number of fused-ring (bicyclic) bond motifs is 1. The third kappa shape index (κ3) is 3.40. The lowest BCUT2D eigenvalue weighted by Gasteiger charge is -2.05. The molecule has 0 spiro atoms. The Morgan fingerprint density at radius 2 is 2.24 bits per heavy atom. The fraction of sp³-hybridized carbons (Fsp3) is 0.333. The summed E-state index contributed by atoms with van der Waals surface area (Å²) in [5.41, 5.74) is 2.12. The predicted octanol–water partition coefficient (Wildman–Crippen LogP) is 2.19. The zero-order valence-electron chi connectivity index (χ0n) is 12.3. The molecule has 1 N–H and O–H groups in total. The molecule has 0 aliphatic heterocycles. The summed E-state index contributed by atoms with van der Waals surface area (Å²) in [5, 5.41) is 4.50. The Bertz CT molecular complexity index is 683. The van der Waals surface area contributed by atoms with Crippen molar-refractivity contribution >= 4 is 22.1 Å². The molecule has 21 heavy (non-hydrogen) atoms. The lowest BCUT2D eigenvalue weighted by molar-refractivity contribution is 0.687. The number of rotatable bonds is 6. The van der Waals surface area contributed by atoms with Gasteiger partial charge in [-0.25, -0.2) is 9.97 Å². The number of hydrogen-bond acceptors (Lipinski definition) is 5. The van der Waals surface area contributed by atoms with Crippen LogP contribution in [0.3, 0.4) is 0 Å². The number of hydrogen-bond donors (Lipinski definition) is 1. The molecule has 0 bridgehead atoms. The average molecular weight is 301 g/mol. The first kappa shape index (κ1) is 14.0. The normalized spacial score (nSPS) is 11.1. The standard InChI is InChI=1S/C15H19N5S/c1-19(2)15-17-10-13(21-15)9-16-7-6-12-11-20-8-4-3-5-14(20)18-12/h3-5,8,10-11,16H,6-7,9H2,1-2H3. The molecule has 5 nitrogen and oxygen atoms in total. The van der Waals surface area contributed by atoms with Crippen molar-refractivity contribution in [3.05, 3.63) is 47.4 Å². The predicted molar refractivity (Wildman–Crippen MR) is 87.0 cm³/mol. The molecule has 0 aromatic carbocycles. The van der Waals surface area contributed by atoms with Gasteiger partial charge in [-0.3, -0.25) is 0 Å². The van der Waals surface area contributed by atoms with E-state index in [4.69, 9.17) is 0 Å². The Hall–Kier alpha value is -1.92. The number of thiazole rings is 1. The number of imidazole rings is 1. The van der Waals surface area contributed by atoms with E-state index < -0.39 is 0 Å². The summed E-state index contributed by atoms with van der Waals surface area (Å²) in [4.78, 5) is 12.3. The Kier molecular flexibility index (Phi) is 4.17. The topological polar surface area (TPSA) is 45.5 Å². The second-order valence-electron chi connectivity index (χ2n) is 5.13. The minimum atomic E-state index is 0.860. The highest BCUT2D eigenvalue weighted by molar-refractivity contribution is 7.15. The summed E-state index contributed by atoms with van der Waals surface area (Å²) in [5.74, 6) is 0. The third-order valence-electron chi connectivity index (χ3n) is 3.19. The molecule has 0 saturated heterocycles. The van der Waals surface area contributed by atoms with E-state index >= 15 is 0 Å². The molecule has 3 aromatic rings. The molecule has 6 heteroatoms. The van der Waals surface area contributed by atoms with Crippen LogP contribution < -0.4 is 10.2 Å². The first-order valence-corrected chi connectivity index (χ1v) is 7.79. The molecule has 3 aromatic heterocycles. The van der Waals surface area contributed by atoms with Crippen LogP contribution in [0.1, 0.15) is 10.6 Å². The minimum absolute atomic E-state index is 0.860. The van der Waals surface area contributed by atoms with Gasteiger partial charge < -0.3 is 14.6 Å². The Balaban J connectivity index is 1.49. The molecule has 0 aliphatic rings. The highest BCUT2D eigenvalue weighted by Crippen LogP contribution is 2.19. The van der Waals surface area contributed by atoms with Crippen molar-refractivity contribution in [1.29, 1.82) is 0 Å². The lowest BCUT2D eigenvalue weighted by Crippen LogP contribution is -2.16. The molecule has 110 valence electrons. The van der Waals surface area contributed by atoms with Crippen molar-refractivity contribution < 1.29 is 0 Å². The second kappa shape index (κ2) is 6.24. The van der Waals surface area contributed by atoms with Crippen LogP contribution in [-0.2, 0) is 13.0 Å². The van der Waals surface area contributed by atoms with E-state index in [-0.39, 0.29) is 0 Å². The van der Waals surface area contributed by atoms with Crippen molar-refractivity contribution in [2.24, 2.45) is 0 Å². The van der Waals surface area contributed by atoms with E-state index in [1.54, 1.807) is 11.3 Å². The van der Waals surface area contributed by atoms with Crippen LogP contribution in [0.15, 0.2) is 36.8 Å². The highest BCUT2D eigenvalue weighted by Gasteiger charge is 2.04. The molecular weight excluding hydrogens is 282 g/mol. The van der Waals surface area contributed by atoms with Gasteiger partial charge in [0, 0.05) is 57.1 Å². The Morgan fingerprint density at radius 1 is 1.33 bits per heavy atom. The maximum absolute atomic E-state index is 4.59. The van der Waals surface area contributed by atoms with Gasteiger partial charge in [-0.15, -0.1) is 11.3 Å². The summed E-state index contributed by atoms with van der Waals surface area (Å²) < 4.78 is 2.06. The number of pyridine rings is 1. The van der Waals surface area contributed by atoms with Crippen molar-refractivity contribution in [3.8, 4) is 0 Å². The van der Waals surface area contributed by atoms with Gasteiger partial charge >= 0.3 is 0 Å². The van der Waals surface area contributed by atoms with Crippen molar-refractivity contribution in [2.75, 3.05) is 25.5 Å². The van der Waals surface area contributed by atoms with Crippen LogP contribution in [-0.4, -0.2) is 35.0 Å². The van der Waals surface area contributed by atoms with E-state index in [1.165, 1.54) is 4.88 Å². The van der Waals surface area contributed by atoms with E-state index in [0.29, 0.717) is 0 Å². The van der Waals surface area contributed by atoms with Crippen molar-refractivity contribution in [3.63, 3.8) is 0 Å². The number of nitrogens with zero attached hydrogens (tertiary/aromatic N) is 4. The van der Waals surface area contributed by atoms with Crippen LogP contribution in [0.2, 0.25) is 0 Å². The van der Waals surface area contributed by atoms with Gasteiger partial charge in [0.1, 0.15) is 5.65 Å². The number of aromatic nitrogens is 3. The SMILES string of the molecule is CN(C)c1ncc(CNCCc2cn3ccccc3n2)s1. The molecule has 0 aliphatic carbocycles. The average Bonchev–Trinajstić information content (AvgIpc) is 3.10. The largest absolute Gasteiger partial charge is 0.354 e. The maximum Gasteiger partial charge on any atom is 0.185 e. The number of nitrogens with one attached hydrogen (secondary N) is 1. The molecule has 0 amide bonds. The molecule has 0 fully saturated rings. The van der Waals surface area contributed by atoms with E-state index in [0.717, 1.165) is 36.0 Å². The molecule has 3 heterocycles. The van der Waals surface area contributed by atoms with Crippen LogP contribution in [0.5, 0.6) is 0 Å². The summed E-state index contributed by atoms with van der Waals surface area (Å²) in [7, 11) is 4.03. The zero-order chi connectivity index (χ0) is 14.7. The molecule has 0 atom stereocenters. The zero-order valence-corrected chi connectivity index (χ0v) is 13.1. The van der Waals surface area contributed by atoms with E-state index in [9.17, 15) is 0 Å². The van der Waals surface area contributed by atoms with Gasteiger partial charge in [-0.1, -0.05) is 6.07 Å². The molecule has 3 rings (SSSR count). The smallest absolute Gasteiger partial charge is 0.185 e. The van der Waals surface area contributed by atoms with Crippen LogP contribution >= 0.6 is 11.3 Å². The van der Waals surface area contributed by atoms with Gasteiger partial charge in [0.15, 0.2) is 5.13 Å². The summed E-state index contributed by atoms with van der Waals surface area (Å²) in [6.07, 6.45) is 6.99.